The van der Waals surface area contributed by atoms with Crippen LogP contribution in [0.15, 0.2) is 30.3 Å². The van der Waals surface area contributed by atoms with E-state index >= 15 is 0 Å². The zero-order valence-electron chi connectivity index (χ0n) is 19.1. The molecule has 8 heteroatoms. The fourth-order valence-corrected chi connectivity index (χ4v) is 3.46. The molecule has 2 aromatic carbocycles. The zero-order chi connectivity index (χ0) is 23.5. The number of hydrogen-bond acceptors (Lipinski definition) is 6. The van der Waals surface area contributed by atoms with Crippen LogP contribution in [0.5, 0.6) is 5.75 Å². The van der Waals surface area contributed by atoms with Crippen LogP contribution in [-0.4, -0.2) is 33.5 Å². The second kappa shape index (κ2) is 9.69. The van der Waals surface area contributed by atoms with Crippen molar-refractivity contribution in [2.75, 3.05) is 6.61 Å². The molecule has 1 aromatic heterocycles. The number of ether oxygens (including phenoxy) is 2. The Morgan fingerprint density at radius 1 is 1.03 bits per heavy atom. The molecule has 0 amide bonds. The summed E-state index contributed by atoms with van der Waals surface area (Å²) in [6.45, 7) is 9.99. The summed E-state index contributed by atoms with van der Waals surface area (Å²) in [5.74, 6) is -0.197. The Kier molecular flexibility index (Phi) is 7.19. The van der Waals surface area contributed by atoms with Crippen LogP contribution >= 0.6 is 11.6 Å². The van der Waals surface area contributed by atoms with E-state index in [0.29, 0.717) is 40.5 Å². The Bertz CT molecular complexity index is 1150. The summed E-state index contributed by atoms with van der Waals surface area (Å²) in [5, 5.41) is 9.69. The van der Waals surface area contributed by atoms with Crippen LogP contribution < -0.4 is 4.74 Å². The van der Waals surface area contributed by atoms with Gasteiger partial charge in [-0.05, 0) is 48.6 Å². The van der Waals surface area contributed by atoms with Gasteiger partial charge in [0.2, 0.25) is 0 Å². The molecule has 0 N–H and O–H groups in total. The van der Waals surface area contributed by atoms with Crippen LogP contribution in [0.2, 0.25) is 5.02 Å². The van der Waals surface area contributed by atoms with Crippen molar-refractivity contribution in [3.05, 3.63) is 46.5 Å². The molecule has 0 aliphatic heterocycles. The molecular weight excluding hydrogens is 430 g/mol. The fraction of sp³-hybridized carbons (Fsp3) is 0.417. The van der Waals surface area contributed by atoms with Crippen molar-refractivity contribution in [3.8, 4) is 11.4 Å². The summed E-state index contributed by atoms with van der Waals surface area (Å²) in [6.07, 6.45) is 0.955. The molecule has 170 valence electrons. The fourth-order valence-electron chi connectivity index (χ4n) is 3.29. The molecule has 3 aromatic rings. The van der Waals surface area contributed by atoms with Crippen molar-refractivity contribution in [2.24, 2.45) is 0 Å². The molecule has 0 saturated carbocycles. The van der Waals surface area contributed by atoms with Gasteiger partial charge in [0.05, 0.1) is 6.61 Å². The first-order valence-electron chi connectivity index (χ1n) is 10.7. The van der Waals surface area contributed by atoms with E-state index in [2.05, 4.69) is 10.2 Å². The van der Waals surface area contributed by atoms with Gasteiger partial charge in [0, 0.05) is 23.4 Å². The minimum Gasteiger partial charge on any atom is -0.466 e. The maximum Gasteiger partial charge on any atom is 0.310 e. The number of rotatable bonds is 7. The molecule has 1 heterocycles. The zero-order valence-corrected chi connectivity index (χ0v) is 19.8. The number of carbonyl (C=O) groups excluding carboxylic acids is 2. The number of aryl methyl sites for hydroxylation is 1. The van der Waals surface area contributed by atoms with Crippen LogP contribution in [0, 0.1) is 0 Å². The van der Waals surface area contributed by atoms with Crippen LogP contribution in [0.1, 0.15) is 58.6 Å². The smallest absolute Gasteiger partial charge is 0.310 e. The summed E-state index contributed by atoms with van der Waals surface area (Å²) in [6, 6.07) is 9.09. The number of fused-ring (bicyclic) bond motifs is 1. The predicted molar refractivity (Wildman–Crippen MR) is 123 cm³/mol. The summed E-state index contributed by atoms with van der Waals surface area (Å²) >= 11 is 6.11. The summed E-state index contributed by atoms with van der Waals surface area (Å²) in [7, 11) is 0. The maximum absolute atomic E-state index is 12.3. The molecule has 3 rings (SSSR count). The highest BCUT2D eigenvalue weighted by atomic mass is 35.5. The van der Waals surface area contributed by atoms with Gasteiger partial charge in [-0.25, -0.2) is 0 Å². The van der Waals surface area contributed by atoms with E-state index in [0.717, 1.165) is 11.1 Å². The first-order valence-corrected chi connectivity index (χ1v) is 11.1. The van der Waals surface area contributed by atoms with Crippen LogP contribution in [0.25, 0.3) is 16.7 Å². The number of hydrogen-bond donors (Lipinski definition) is 0. The number of benzene rings is 2. The van der Waals surface area contributed by atoms with Gasteiger partial charge in [0.1, 0.15) is 16.7 Å². The van der Waals surface area contributed by atoms with Crippen molar-refractivity contribution in [2.45, 2.75) is 59.3 Å². The second-order valence-corrected chi connectivity index (χ2v) is 8.93. The third kappa shape index (κ3) is 5.46. The van der Waals surface area contributed by atoms with Gasteiger partial charge in [0.15, 0.2) is 5.75 Å². The molecule has 0 spiro atoms. The van der Waals surface area contributed by atoms with Gasteiger partial charge >= 0.3 is 11.9 Å². The lowest BCUT2D eigenvalue weighted by Gasteiger charge is -2.25. The van der Waals surface area contributed by atoms with Gasteiger partial charge in [-0.1, -0.05) is 45.4 Å². The average Bonchev–Trinajstić information content (AvgIpc) is 3.15. The van der Waals surface area contributed by atoms with Gasteiger partial charge in [-0.2, -0.15) is 0 Å². The molecule has 0 atom stereocenters. The Balaban J connectivity index is 2.18. The summed E-state index contributed by atoms with van der Waals surface area (Å²) < 4.78 is 10.9. The third-order valence-corrected chi connectivity index (χ3v) is 5.16. The topological polar surface area (TPSA) is 83.3 Å². The minimum atomic E-state index is -0.351. The lowest BCUT2D eigenvalue weighted by molar-refractivity contribution is -0.143. The van der Waals surface area contributed by atoms with E-state index in [4.69, 9.17) is 21.1 Å². The SMILES string of the molecule is CCOC(=O)CCc1cc(-n2nc3ccc(Cl)cc3n2)c(OC(=O)CC)c(C(C)(C)C)c1. The standard InChI is InChI=1S/C24H28ClN3O4/c1-6-21(29)32-23-17(24(3,4)5)12-15(8-11-22(30)31-7-2)13-20(23)28-26-18-10-9-16(25)14-19(18)27-28/h9-10,12-14H,6-8,11H2,1-5H3. The average molecular weight is 458 g/mol. The van der Waals surface area contributed by atoms with Gasteiger partial charge in [-0.3, -0.25) is 9.59 Å². The molecule has 0 aliphatic rings. The van der Waals surface area contributed by atoms with E-state index in [-0.39, 0.29) is 30.2 Å². The van der Waals surface area contributed by atoms with E-state index < -0.39 is 0 Å². The Morgan fingerprint density at radius 3 is 2.41 bits per heavy atom. The third-order valence-electron chi connectivity index (χ3n) is 4.92. The van der Waals surface area contributed by atoms with Gasteiger partial charge in [0.25, 0.3) is 0 Å². The molecular formula is C24H28ClN3O4. The molecule has 0 saturated heterocycles. The lowest BCUT2D eigenvalue weighted by Crippen LogP contribution is -2.19. The molecule has 0 radical (unpaired) electrons. The molecule has 0 aliphatic carbocycles. The highest BCUT2D eigenvalue weighted by molar-refractivity contribution is 6.31. The summed E-state index contributed by atoms with van der Waals surface area (Å²) in [5.41, 5.74) is 3.21. The normalized spacial score (nSPS) is 11.6. The predicted octanol–water partition coefficient (Wildman–Crippen LogP) is 5.18. The van der Waals surface area contributed by atoms with E-state index in [1.165, 1.54) is 4.80 Å². The first kappa shape index (κ1) is 23.7. The Morgan fingerprint density at radius 2 is 1.75 bits per heavy atom. The summed E-state index contributed by atoms with van der Waals surface area (Å²) in [4.78, 5) is 25.7. The number of aromatic nitrogens is 3. The van der Waals surface area contributed by atoms with Crippen LogP contribution in [0.4, 0.5) is 0 Å². The molecule has 32 heavy (non-hydrogen) atoms. The van der Waals surface area contributed by atoms with E-state index in [1.54, 1.807) is 32.0 Å². The first-order chi connectivity index (χ1) is 15.1. The van der Waals surface area contributed by atoms with Crippen LogP contribution in [0.3, 0.4) is 0 Å². The van der Waals surface area contributed by atoms with Crippen molar-refractivity contribution in [1.82, 2.24) is 15.0 Å². The highest BCUT2D eigenvalue weighted by Crippen LogP contribution is 2.38. The lowest BCUT2D eigenvalue weighted by atomic mass is 9.84. The second-order valence-electron chi connectivity index (χ2n) is 8.50. The van der Waals surface area contributed by atoms with Crippen LogP contribution in [-0.2, 0) is 26.2 Å². The monoisotopic (exact) mass is 457 g/mol. The quantitative estimate of drug-likeness (QED) is 0.359. The van der Waals surface area contributed by atoms with Gasteiger partial charge in [-0.15, -0.1) is 15.0 Å². The van der Waals surface area contributed by atoms with E-state index in [1.807, 2.05) is 32.9 Å². The minimum absolute atomic E-state index is 0.234. The highest BCUT2D eigenvalue weighted by Gasteiger charge is 2.26. The number of esters is 2. The van der Waals surface area contributed by atoms with Crippen molar-refractivity contribution in [3.63, 3.8) is 0 Å². The maximum atomic E-state index is 12.3. The Labute approximate surface area is 192 Å². The molecule has 7 nitrogen and oxygen atoms in total. The number of carbonyl (C=O) groups is 2. The number of nitrogens with zero attached hydrogens (tertiary/aromatic N) is 3. The van der Waals surface area contributed by atoms with Crippen molar-refractivity contribution >= 4 is 34.6 Å². The van der Waals surface area contributed by atoms with Gasteiger partial charge < -0.3 is 9.47 Å². The molecule has 0 unspecified atom stereocenters. The van der Waals surface area contributed by atoms with E-state index in [9.17, 15) is 9.59 Å². The Hall–Kier alpha value is -2.93. The molecule has 0 bridgehead atoms. The van der Waals surface area contributed by atoms with Crippen molar-refractivity contribution in [1.29, 1.82) is 0 Å². The number of halogens is 1. The molecule has 0 fully saturated rings. The van der Waals surface area contributed by atoms with Crippen molar-refractivity contribution < 1.29 is 19.1 Å². The largest absolute Gasteiger partial charge is 0.466 e.